The summed E-state index contributed by atoms with van der Waals surface area (Å²) in [5.74, 6) is 0. The van der Waals surface area contributed by atoms with Gasteiger partial charge >= 0.3 is 0 Å². The minimum Gasteiger partial charge on any atom is -0.0557 e. The smallest absolute Gasteiger partial charge is 0.00147 e. The number of aryl methyl sites for hydroxylation is 6. The maximum Gasteiger partial charge on any atom is -0.00147 e. The maximum atomic E-state index is 2.48. The van der Waals surface area contributed by atoms with Crippen LogP contribution in [-0.2, 0) is 10.8 Å². The third-order valence-corrected chi connectivity index (χ3v) is 9.24. The van der Waals surface area contributed by atoms with Gasteiger partial charge in [0.1, 0.15) is 0 Å². The Hall–Kier alpha value is -2.08. The minimum atomic E-state index is 0.156. The Morgan fingerprint density at radius 3 is 1.16 bits per heavy atom. The lowest BCUT2D eigenvalue weighted by molar-refractivity contribution is 0.339. The Balaban J connectivity index is 2.34. The van der Waals surface area contributed by atoms with E-state index in [1.54, 1.807) is 21.9 Å². The molecule has 0 radical (unpaired) electrons. The largest absolute Gasteiger partial charge is 0.0557 e. The number of rotatable bonds is 0. The third-order valence-electron chi connectivity index (χ3n) is 9.24. The van der Waals surface area contributed by atoms with Gasteiger partial charge in [-0.05, 0) is 161 Å². The molecule has 1 aliphatic carbocycles. The van der Waals surface area contributed by atoms with Crippen LogP contribution in [0.3, 0.4) is 0 Å². The molecule has 0 aliphatic heterocycles. The summed E-state index contributed by atoms with van der Waals surface area (Å²) in [6.45, 7) is 28.8. The van der Waals surface area contributed by atoms with E-state index in [0.717, 1.165) is 0 Å². The van der Waals surface area contributed by atoms with Crippen molar-refractivity contribution in [2.75, 3.05) is 0 Å². The highest BCUT2D eigenvalue weighted by Gasteiger charge is 2.43. The lowest BCUT2D eigenvalue weighted by Crippen LogP contribution is -2.36. The standard InChI is InChI=1S/C31H38/c1-14-15(2)22-17(4)18(5)23-19(6)20(7)28-27-26(23)25(22)24(16(14)3)21(8)29(27)31(11,12)13-30(28,9)10/h13H2,1-12H3. The van der Waals surface area contributed by atoms with Crippen LogP contribution in [0.25, 0.3) is 32.3 Å². The third kappa shape index (κ3) is 2.22. The fourth-order valence-corrected chi connectivity index (χ4v) is 7.97. The quantitative estimate of drug-likeness (QED) is 0.254. The van der Waals surface area contributed by atoms with Crippen molar-refractivity contribution in [2.45, 2.75) is 100 Å². The van der Waals surface area contributed by atoms with E-state index in [1.807, 2.05) is 0 Å². The second-order valence-electron chi connectivity index (χ2n) is 11.9. The van der Waals surface area contributed by atoms with Gasteiger partial charge in [0.05, 0.1) is 0 Å². The van der Waals surface area contributed by atoms with Crippen molar-refractivity contribution in [1.29, 1.82) is 0 Å². The molecule has 0 amide bonds. The van der Waals surface area contributed by atoms with E-state index in [4.69, 9.17) is 0 Å². The van der Waals surface area contributed by atoms with Crippen molar-refractivity contribution in [3.05, 3.63) is 55.6 Å². The highest BCUT2D eigenvalue weighted by atomic mass is 14.5. The normalized spacial score (nSPS) is 17.4. The zero-order valence-electron chi connectivity index (χ0n) is 21.7. The van der Waals surface area contributed by atoms with Crippen molar-refractivity contribution in [3.63, 3.8) is 0 Å². The first-order chi connectivity index (χ1) is 14.2. The summed E-state index contributed by atoms with van der Waals surface area (Å²) >= 11 is 0. The average molecular weight is 411 g/mol. The van der Waals surface area contributed by atoms with E-state index < -0.39 is 0 Å². The molecule has 0 nitrogen and oxygen atoms in total. The summed E-state index contributed by atoms with van der Waals surface area (Å²) in [4.78, 5) is 0. The van der Waals surface area contributed by atoms with Crippen molar-refractivity contribution in [3.8, 4) is 0 Å². The van der Waals surface area contributed by atoms with Gasteiger partial charge in [0.2, 0.25) is 0 Å². The van der Waals surface area contributed by atoms with Gasteiger partial charge in [-0.3, -0.25) is 0 Å². The highest BCUT2D eigenvalue weighted by molar-refractivity contribution is 6.29. The zero-order chi connectivity index (χ0) is 22.9. The van der Waals surface area contributed by atoms with Crippen LogP contribution in [-0.4, -0.2) is 0 Å². The Morgan fingerprint density at radius 2 is 0.677 bits per heavy atom. The van der Waals surface area contributed by atoms with E-state index in [1.165, 1.54) is 72.5 Å². The number of hydrogen-bond acceptors (Lipinski definition) is 0. The van der Waals surface area contributed by atoms with E-state index >= 15 is 0 Å². The van der Waals surface area contributed by atoms with Crippen LogP contribution < -0.4 is 0 Å². The molecule has 0 aromatic heterocycles. The topological polar surface area (TPSA) is 0 Å². The van der Waals surface area contributed by atoms with Gasteiger partial charge in [-0.25, -0.2) is 0 Å². The van der Waals surface area contributed by atoms with Crippen molar-refractivity contribution < 1.29 is 0 Å². The summed E-state index contributed by atoms with van der Waals surface area (Å²) in [5.41, 5.74) is 15.4. The SMILES string of the molecule is Cc1c(C)c2c(C)c(C)c3c(C)c(C)c4c5c(c(C)c(c1C)c2c35)C(C)(C)CC4(C)C. The van der Waals surface area contributed by atoms with Gasteiger partial charge < -0.3 is 0 Å². The molecular formula is C31H38. The molecule has 1 aliphatic rings. The summed E-state index contributed by atoms with van der Waals surface area (Å²) in [5, 5.41) is 9.22. The first-order valence-corrected chi connectivity index (χ1v) is 12.0. The predicted molar refractivity (Wildman–Crippen MR) is 139 cm³/mol. The first-order valence-electron chi connectivity index (χ1n) is 12.0. The molecule has 0 spiro atoms. The van der Waals surface area contributed by atoms with E-state index in [9.17, 15) is 0 Å². The summed E-state index contributed by atoms with van der Waals surface area (Å²) < 4.78 is 0. The van der Waals surface area contributed by atoms with Crippen LogP contribution in [0.4, 0.5) is 0 Å². The Bertz CT molecular complexity index is 1450. The minimum absolute atomic E-state index is 0.156. The predicted octanol–water partition coefficient (Wildman–Crippen LogP) is 9.01. The molecule has 4 aromatic rings. The molecule has 0 atom stereocenters. The summed E-state index contributed by atoms with van der Waals surface area (Å²) in [7, 11) is 0. The maximum absolute atomic E-state index is 2.48. The lowest BCUT2D eigenvalue weighted by atomic mass is 9.58. The van der Waals surface area contributed by atoms with E-state index in [-0.39, 0.29) is 10.8 Å². The molecule has 0 N–H and O–H groups in total. The monoisotopic (exact) mass is 410 g/mol. The highest BCUT2D eigenvalue weighted by Crippen LogP contribution is 2.57. The van der Waals surface area contributed by atoms with Gasteiger partial charge in [0, 0.05) is 0 Å². The summed E-state index contributed by atoms with van der Waals surface area (Å²) in [6, 6.07) is 0. The van der Waals surface area contributed by atoms with Crippen molar-refractivity contribution in [1.82, 2.24) is 0 Å². The van der Waals surface area contributed by atoms with Crippen LogP contribution in [0.5, 0.6) is 0 Å². The number of benzene rings is 4. The molecule has 162 valence electrons. The Labute approximate surface area is 188 Å². The molecule has 0 fully saturated rings. The molecular weight excluding hydrogens is 372 g/mol. The van der Waals surface area contributed by atoms with Crippen LogP contribution in [0.2, 0.25) is 0 Å². The van der Waals surface area contributed by atoms with Gasteiger partial charge in [0.25, 0.3) is 0 Å². The first kappa shape index (κ1) is 20.8. The van der Waals surface area contributed by atoms with Crippen LogP contribution >= 0.6 is 0 Å². The van der Waals surface area contributed by atoms with Crippen LogP contribution in [0.1, 0.15) is 89.8 Å². The van der Waals surface area contributed by atoms with E-state index in [0.29, 0.717) is 0 Å². The second-order valence-corrected chi connectivity index (χ2v) is 11.9. The van der Waals surface area contributed by atoms with Gasteiger partial charge in [-0.2, -0.15) is 0 Å². The molecule has 5 rings (SSSR count). The van der Waals surface area contributed by atoms with Gasteiger partial charge in [0.15, 0.2) is 0 Å². The molecule has 31 heavy (non-hydrogen) atoms. The molecule has 0 heteroatoms. The molecule has 0 bridgehead atoms. The van der Waals surface area contributed by atoms with Crippen LogP contribution in [0.15, 0.2) is 0 Å². The average Bonchev–Trinajstić information content (AvgIpc) is 2.64. The number of hydrogen-bond donors (Lipinski definition) is 0. The van der Waals surface area contributed by atoms with Crippen molar-refractivity contribution in [2.24, 2.45) is 0 Å². The molecule has 0 unspecified atom stereocenters. The van der Waals surface area contributed by atoms with Crippen molar-refractivity contribution >= 4 is 32.3 Å². The van der Waals surface area contributed by atoms with E-state index in [2.05, 4.69) is 83.1 Å². The lowest BCUT2D eigenvalue weighted by Gasteiger charge is -2.45. The molecule has 4 aromatic carbocycles. The Kier molecular flexibility index (Phi) is 3.91. The zero-order valence-corrected chi connectivity index (χ0v) is 21.7. The molecule has 0 saturated carbocycles. The van der Waals surface area contributed by atoms with Crippen LogP contribution in [0, 0.1) is 55.4 Å². The fraction of sp³-hybridized carbons (Fsp3) is 0.484. The van der Waals surface area contributed by atoms with Gasteiger partial charge in [-0.15, -0.1) is 0 Å². The Morgan fingerprint density at radius 1 is 0.355 bits per heavy atom. The second kappa shape index (κ2) is 5.83. The van der Waals surface area contributed by atoms with Gasteiger partial charge in [-0.1, -0.05) is 27.7 Å². The molecule has 0 heterocycles. The fourth-order valence-electron chi connectivity index (χ4n) is 7.97. The summed E-state index contributed by atoms with van der Waals surface area (Å²) in [6.07, 6.45) is 1.19. The molecule has 0 saturated heterocycles.